The van der Waals surface area contributed by atoms with E-state index < -0.39 is 0 Å². The molecule has 1 heterocycles. The highest BCUT2D eigenvalue weighted by molar-refractivity contribution is 5.69. The van der Waals surface area contributed by atoms with Gasteiger partial charge in [-0.25, -0.2) is 0 Å². The molecule has 106 valence electrons. The Kier molecular flexibility index (Phi) is 5.37. The van der Waals surface area contributed by atoms with Crippen molar-refractivity contribution in [3.8, 4) is 0 Å². The van der Waals surface area contributed by atoms with Gasteiger partial charge in [-0.3, -0.25) is 16.5 Å². The molecule has 0 aromatic carbocycles. The number of quaternary nitrogens is 2. The minimum atomic E-state index is 0.298. The van der Waals surface area contributed by atoms with Crippen LogP contribution in [0.3, 0.4) is 0 Å². The number of hydrogen-bond acceptors (Lipinski definition) is 1. The Labute approximate surface area is 111 Å². The quantitative estimate of drug-likeness (QED) is 0.173. The fourth-order valence-corrected chi connectivity index (χ4v) is 2.24. The molecule has 0 aliphatic carbocycles. The zero-order valence-electron chi connectivity index (χ0n) is 12.2. The van der Waals surface area contributed by atoms with Gasteiger partial charge in [-0.15, -0.1) is 0 Å². The van der Waals surface area contributed by atoms with Crippen LogP contribution in [0, 0.1) is 0 Å². The molecule has 0 aromatic rings. The third-order valence-electron chi connectivity index (χ3n) is 3.95. The van der Waals surface area contributed by atoms with E-state index in [1.165, 1.54) is 37.2 Å². The molecule has 1 saturated heterocycles. The number of rotatable bonds is 6. The van der Waals surface area contributed by atoms with Crippen LogP contribution in [-0.4, -0.2) is 88.4 Å². The zero-order valence-corrected chi connectivity index (χ0v) is 12.2. The van der Waals surface area contributed by atoms with Crippen molar-refractivity contribution in [2.45, 2.75) is 0 Å². The van der Waals surface area contributed by atoms with Crippen molar-refractivity contribution in [1.82, 2.24) is 5.32 Å². The first-order chi connectivity index (χ1) is 8.33. The van der Waals surface area contributed by atoms with Crippen molar-refractivity contribution in [3.05, 3.63) is 0 Å². The van der Waals surface area contributed by atoms with Crippen LogP contribution in [-0.2, 0) is 0 Å². The fraction of sp³-hybridized carbons (Fsp3) is 0.917. The first-order valence-electron chi connectivity index (χ1n) is 6.81. The molecule has 0 spiro atoms. The predicted octanol–water partition coefficient (Wildman–Crippen LogP) is -3.53. The highest BCUT2D eigenvalue weighted by atomic mass is 15.4. The van der Waals surface area contributed by atoms with Crippen LogP contribution in [0.5, 0.6) is 0 Å². The number of piperazine rings is 1. The Bertz CT molecular complexity index is 272. The maximum absolute atomic E-state index is 5.32. The van der Waals surface area contributed by atoms with Gasteiger partial charge in [-0.2, -0.15) is 0 Å². The van der Waals surface area contributed by atoms with Crippen LogP contribution in [0.25, 0.3) is 0 Å². The summed E-state index contributed by atoms with van der Waals surface area (Å²) >= 11 is 0. The van der Waals surface area contributed by atoms with Gasteiger partial charge >= 0.3 is 5.96 Å². The van der Waals surface area contributed by atoms with Crippen LogP contribution >= 0.6 is 0 Å². The van der Waals surface area contributed by atoms with Gasteiger partial charge in [-0.1, -0.05) is 0 Å². The Morgan fingerprint density at radius 1 is 1.06 bits per heavy atom. The van der Waals surface area contributed by atoms with Crippen molar-refractivity contribution in [2.75, 3.05) is 73.5 Å². The monoisotopic (exact) mass is 259 g/mol. The van der Waals surface area contributed by atoms with E-state index in [0.717, 1.165) is 24.1 Å². The van der Waals surface area contributed by atoms with Crippen LogP contribution in [0.1, 0.15) is 0 Å². The van der Waals surface area contributed by atoms with E-state index in [9.17, 15) is 0 Å². The van der Waals surface area contributed by atoms with Crippen LogP contribution in [0.4, 0.5) is 0 Å². The van der Waals surface area contributed by atoms with E-state index in [2.05, 4.69) is 31.5 Å². The van der Waals surface area contributed by atoms with Crippen LogP contribution in [0.2, 0.25) is 0 Å². The SMILES string of the molecule is C[N+]1(C)CC[N+](C)(CCNCC[NH+]=C(N)N)CC1. The standard InChI is InChI=1S/C12H30N6/c1-17(2)8-10-18(3,11-9-17)7-6-15-4-5-16-12(13)14/h15H,4-11H2,1-3H3,(H4,13,14,16)/q+2/p+1. The maximum atomic E-state index is 5.32. The summed E-state index contributed by atoms with van der Waals surface area (Å²) in [5, 5.41) is 3.43. The molecule has 6 N–H and O–H groups in total. The normalized spacial score (nSPS) is 21.5. The Morgan fingerprint density at radius 2 is 1.67 bits per heavy atom. The molecular weight excluding hydrogens is 228 g/mol. The number of nitrogens with two attached hydrogens (primary N) is 2. The summed E-state index contributed by atoms with van der Waals surface area (Å²) in [5.74, 6) is 0.298. The summed E-state index contributed by atoms with van der Waals surface area (Å²) < 4.78 is 2.35. The Morgan fingerprint density at radius 3 is 2.22 bits per heavy atom. The summed E-state index contributed by atoms with van der Waals surface area (Å²) in [7, 11) is 7.01. The molecule has 0 amide bonds. The van der Waals surface area contributed by atoms with Gasteiger partial charge in [0.05, 0.1) is 34.2 Å². The number of guanidine groups is 1. The summed E-state index contributed by atoms with van der Waals surface area (Å²) in [6, 6.07) is 0. The van der Waals surface area contributed by atoms with Gasteiger partial charge < -0.3 is 14.3 Å². The van der Waals surface area contributed by atoms with Crippen molar-refractivity contribution >= 4 is 5.96 Å². The van der Waals surface area contributed by atoms with E-state index in [1.807, 2.05) is 0 Å². The third-order valence-corrected chi connectivity index (χ3v) is 3.95. The first kappa shape index (κ1) is 15.2. The molecular formula is C12H31N6+3. The van der Waals surface area contributed by atoms with Crippen molar-refractivity contribution in [1.29, 1.82) is 0 Å². The Hall–Kier alpha value is -0.850. The topological polar surface area (TPSA) is 78.0 Å². The predicted molar refractivity (Wildman–Crippen MR) is 74.7 cm³/mol. The summed E-state index contributed by atoms with van der Waals surface area (Å²) in [5.41, 5.74) is 10.6. The second kappa shape index (κ2) is 6.36. The van der Waals surface area contributed by atoms with E-state index in [1.54, 1.807) is 0 Å². The number of nitrogens with zero attached hydrogens (tertiary/aromatic N) is 2. The molecule has 0 unspecified atom stereocenters. The van der Waals surface area contributed by atoms with E-state index in [-0.39, 0.29) is 0 Å². The van der Waals surface area contributed by atoms with Crippen molar-refractivity contribution in [2.24, 2.45) is 11.5 Å². The molecule has 0 saturated carbocycles. The lowest BCUT2D eigenvalue weighted by Crippen LogP contribution is -2.79. The average molecular weight is 259 g/mol. The molecule has 0 bridgehead atoms. The second-order valence-corrected chi connectivity index (χ2v) is 6.31. The molecule has 0 atom stereocenters. The highest BCUT2D eigenvalue weighted by Crippen LogP contribution is 2.12. The number of nitrogens with one attached hydrogen (secondary N) is 2. The lowest BCUT2D eigenvalue weighted by molar-refractivity contribution is -1.01. The van der Waals surface area contributed by atoms with E-state index in [4.69, 9.17) is 11.5 Å². The molecule has 1 fully saturated rings. The van der Waals surface area contributed by atoms with Gasteiger partial charge in [0.15, 0.2) is 0 Å². The fourth-order valence-electron chi connectivity index (χ4n) is 2.24. The zero-order chi connectivity index (χ0) is 13.6. The van der Waals surface area contributed by atoms with E-state index in [0.29, 0.717) is 5.96 Å². The highest BCUT2D eigenvalue weighted by Gasteiger charge is 2.33. The minimum absolute atomic E-state index is 0.298. The molecule has 6 nitrogen and oxygen atoms in total. The Balaban J connectivity index is 2.14. The smallest absolute Gasteiger partial charge is 0.319 e. The minimum Gasteiger partial charge on any atom is -0.319 e. The molecule has 0 radical (unpaired) electrons. The van der Waals surface area contributed by atoms with Crippen LogP contribution in [0.15, 0.2) is 0 Å². The van der Waals surface area contributed by atoms with Crippen molar-refractivity contribution in [3.63, 3.8) is 0 Å². The lowest BCUT2D eigenvalue weighted by Gasteiger charge is -2.44. The van der Waals surface area contributed by atoms with Gasteiger partial charge in [0.1, 0.15) is 26.2 Å². The second-order valence-electron chi connectivity index (χ2n) is 6.31. The summed E-state index contributed by atoms with van der Waals surface area (Å²) in [6.45, 7) is 9.04. The largest absolute Gasteiger partial charge is 0.338 e. The molecule has 6 heteroatoms. The first-order valence-corrected chi connectivity index (χ1v) is 6.81. The average Bonchev–Trinajstić information content (AvgIpc) is 2.28. The molecule has 0 aromatic heterocycles. The number of hydrogen-bond donors (Lipinski definition) is 4. The molecule has 1 rings (SSSR count). The van der Waals surface area contributed by atoms with Gasteiger partial charge in [0, 0.05) is 13.1 Å². The van der Waals surface area contributed by atoms with E-state index >= 15 is 0 Å². The van der Waals surface area contributed by atoms with Crippen LogP contribution < -0.4 is 21.8 Å². The van der Waals surface area contributed by atoms with Gasteiger partial charge in [-0.05, 0) is 0 Å². The lowest BCUT2D eigenvalue weighted by atomic mass is 10.2. The van der Waals surface area contributed by atoms with Gasteiger partial charge in [0.2, 0.25) is 0 Å². The van der Waals surface area contributed by atoms with Gasteiger partial charge in [0.25, 0.3) is 0 Å². The molecule has 18 heavy (non-hydrogen) atoms. The third kappa shape index (κ3) is 5.66. The van der Waals surface area contributed by atoms with Crippen molar-refractivity contribution < 1.29 is 14.0 Å². The summed E-state index contributed by atoms with van der Waals surface area (Å²) in [4.78, 5) is 2.91. The maximum Gasteiger partial charge on any atom is 0.338 e. The number of likely N-dealkylation sites (N-methyl/N-ethyl adjacent to an activating group) is 2. The summed E-state index contributed by atoms with van der Waals surface area (Å²) in [6.07, 6.45) is 0. The molecule has 1 aliphatic heterocycles. The molecule has 1 aliphatic rings.